The summed E-state index contributed by atoms with van der Waals surface area (Å²) >= 11 is 0. The van der Waals surface area contributed by atoms with E-state index in [1.165, 1.54) is 17.2 Å². The number of primary amides is 1. The maximum absolute atomic E-state index is 13.0. The van der Waals surface area contributed by atoms with Gasteiger partial charge in [-0.3, -0.25) is 4.79 Å². The van der Waals surface area contributed by atoms with E-state index in [0.29, 0.717) is 22.6 Å². The van der Waals surface area contributed by atoms with E-state index in [1.807, 2.05) is 0 Å². The van der Waals surface area contributed by atoms with Gasteiger partial charge in [0.15, 0.2) is 5.82 Å². The first kappa shape index (κ1) is 19.3. The molecule has 0 spiro atoms. The molecule has 0 unspecified atom stereocenters. The van der Waals surface area contributed by atoms with Crippen molar-refractivity contribution in [2.24, 2.45) is 5.73 Å². The molecule has 0 aliphatic rings. The first-order valence-corrected chi connectivity index (χ1v) is 8.11. The number of carbonyl (C=O) groups is 1. The van der Waals surface area contributed by atoms with Crippen LogP contribution in [-0.4, -0.2) is 25.8 Å². The molecule has 7 nitrogen and oxygen atoms in total. The standard InChI is InChI=1S/C18H16F3N5O2/c1-9-4-12(6-13(5-9)18(19,20)21)17-23-8-26(24-17)7-14(16(22)27)15-10(2)25-28-11(15)3/h4-8H,1-3H3,(H2,22,27)/b14-7+. The van der Waals surface area contributed by atoms with Crippen LogP contribution < -0.4 is 5.73 Å². The Morgan fingerprint density at radius 3 is 2.50 bits per heavy atom. The van der Waals surface area contributed by atoms with E-state index >= 15 is 0 Å². The lowest BCUT2D eigenvalue weighted by molar-refractivity contribution is -0.137. The van der Waals surface area contributed by atoms with Crippen molar-refractivity contribution in [3.63, 3.8) is 0 Å². The first-order valence-electron chi connectivity index (χ1n) is 8.11. The van der Waals surface area contributed by atoms with Crippen LogP contribution in [0.1, 0.15) is 28.1 Å². The monoisotopic (exact) mass is 391 g/mol. The zero-order valence-electron chi connectivity index (χ0n) is 15.2. The van der Waals surface area contributed by atoms with E-state index in [1.54, 1.807) is 26.8 Å². The maximum atomic E-state index is 13.0. The molecule has 10 heteroatoms. The summed E-state index contributed by atoms with van der Waals surface area (Å²) in [5.41, 5.74) is 6.28. The number of hydrogen-bond donors (Lipinski definition) is 1. The number of aryl methyl sites for hydroxylation is 3. The van der Waals surface area contributed by atoms with Crippen molar-refractivity contribution in [3.05, 3.63) is 52.7 Å². The van der Waals surface area contributed by atoms with Gasteiger partial charge in [0, 0.05) is 11.8 Å². The molecular formula is C18H16F3N5O2. The SMILES string of the molecule is Cc1cc(-c2ncn(/C=C(/C(N)=O)c3c(C)noc3C)n2)cc(C(F)(F)F)c1. The molecule has 28 heavy (non-hydrogen) atoms. The van der Waals surface area contributed by atoms with E-state index in [9.17, 15) is 18.0 Å². The second-order valence-corrected chi connectivity index (χ2v) is 6.24. The molecule has 3 rings (SSSR count). The highest BCUT2D eigenvalue weighted by molar-refractivity contribution is 6.22. The Balaban J connectivity index is 2.04. The summed E-state index contributed by atoms with van der Waals surface area (Å²) < 4.78 is 45.4. The lowest BCUT2D eigenvalue weighted by Gasteiger charge is -2.09. The van der Waals surface area contributed by atoms with Crippen LogP contribution in [0.25, 0.3) is 23.2 Å². The zero-order chi connectivity index (χ0) is 20.6. The molecule has 0 radical (unpaired) electrons. The number of carbonyl (C=O) groups excluding carboxylic acids is 1. The molecule has 0 aliphatic carbocycles. The number of nitrogens with zero attached hydrogens (tertiary/aromatic N) is 4. The highest BCUT2D eigenvalue weighted by Crippen LogP contribution is 2.32. The number of alkyl halides is 3. The molecule has 0 aliphatic heterocycles. The van der Waals surface area contributed by atoms with Gasteiger partial charge in [-0.2, -0.15) is 13.2 Å². The minimum atomic E-state index is -4.48. The second-order valence-electron chi connectivity index (χ2n) is 6.24. The number of benzene rings is 1. The molecule has 3 aromatic rings. The summed E-state index contributed by atoms with van der Waals surface area (Å²) in [5.74, 6) is -0.259. The van der Waals surface area contributed by atoms with Gasteiger partial charge in [0.1, 0.15) is 12.1 Å². The summed E-state index contributed by atoms with van der Waals surface area (Å²) in [4.78, 5) is 15.9. The van der Waals surface area contributed by atoms with E-state index in [0.717, 1.165) is 12.1 Å². The molecular weight excluding hydrogens is 375 g/mol. The third-order valence-corrected chi connectivity index (χ3v) is 4.00. The van der Waals surface area contributed by atoms with Crippen molar-refractivity contribution < 1.29 is 22.5 Å². The Bertz CT molecular complexity index is 1060. The zero-order valence-corrected chi connectivity index (χ0v) is 15.2. The highest BCUT2D eigenvalue weighted by atomic mass is 19.4. The Morgan fingerprint density at radius 1 is 1.21 bits per heavy atom. The van der Waals surface area contributed by atoms with E-state index in [4.69, 9.17) is 10.3 Å². The van der Waals surface area contributed by atoms with Crippen molar-refractivity contribution in [2.75, 3.05) is 0 Å². The van der Waals surface area contributed by atoms with Gasteiger partial charge in [0.25, 0.3) is 5.91 Å². The van der Waals surface area contributed by atoms with Crippen molar-refractivity contribution in [1.82, 2.24) is 19.9 Å². The highest BCUT2D eigenvalue weighted by Gasteiger charge is 2.31. The number of nitrogens with two attached hydrogens (primary N) is 1. The average molecular weight is 391 g/mol. The van der Waals surface area contributed by atoms with Crippen molar-refractivity contribution >= 4 is 17.7 Å². The fourth-order valence-corrected chi connectivity index (χ4v) is 2.80. The van der Waals surface area contributed by atoms with Gasteiger partial charge in [-0.05, 0) is 44.5 Å². The summed E-state index contributed by atoms with van der Waals surface area (Å²) in [6.07, 6.45) is -1.89. The number of rotatable bonds is 4. The smallest absolute Gasteiger partial charge is 0.366 e. The van der Waals surface area contributed by atoms with Crippen LogP contribution in [0.5, 0.6) is 0 Å². The molecule has 0 saturated carbocycles. The lowest BCUT2D eigenvalue weighted by Crippen LogP contribution is -2.14. The molecule has 0 fully saturated rings. The number of halogens is 3. The molecule has 1 aromatic carbocycles. The molecule has 146 valence electrons. The normalized spacial score (nSPS) is 12.4. The molecule has 2 aromatic heterocycles. The van der Waals surface area contributed by atoms with Gasteiger partial charge in [-0.15, -0.1) is 5.10 Å². The summed E-state index contributed by atoms with van der Waals surface area (Å²) in [5, 5.41) is 7.92. The van der Waals surface area contributed by atoms with Gasteiger partial charge in [-0.1, -0.05) is 5.16 Å². The summed E-state index contributed by atoms with van der Waals surface area (Å²) in [7, 11) is 0. The largest absolute Gasteiger partial charge is 0.416 e. The number of aromatic nitrogens is 4. The molecule has 2 N–H and O–H groups in total. The van der Waals surface area contributed by atoms with Crippen molar-refractivity contribution in [1.29, 1.82) is 0 Å². The van der Waals surface area contributed by atoms with Gasteiger partial charge in [0.05, 0.1) is 22.4 Å². The fraction of sp³-hybridized carbons (Fsp3) is 0.222. The van der Waals surface area contributed by atoms with Gasteiger partial charge in [0.2, 0.25) is 0 Å². The molecule has 0 saturated heterocycles. The van der Waals surface area contributed by atoms with Crippen LogP contribution in [0.15, 0.2) is 29.0 Å². The molecule has 0 atom stereocenters. The Labute approximate surface area is 157 Å². The topological polar surface area (TPSA) is 99.8 Å². The van der Waals surface area contributed by atoms with Crippen LogP contribution in [0, 0.1) is 20.8 Å². The molecule has 2 heterocycles. The van der Waals surface area contributed by atoms with Crippen molar-refractivity contribution in [2.45, 2.75) is 26.9 Å². The third kappa shape index (κ3) is 3.80. The lowest BCUT2D eigenvalue weighted by atomic mass is 10.1. The van der Waals surface area contributed by atoms with Crippen LogP contribution in [0.2, 0.25) is 0 Å². The predicted octanol–water partition coefficient (Wildman–Crippen LogP) is 3.36. The Morgan fingerprint density at radius 2 is 1.93 bits per heavy atom. The van der Waals surface area contributed by atoms with Crippen LogP contribution >= 0.6 is 0 Å². The Hall–Kier alpha value is -3.43. The van der Waals surface area contributed by atoms with Gasteiger partial charge in [-0.25, -0.2) is 9.67 Å². The van der Waals surface area contributed by atoms with Crippen LogP contribution in [-0.2, 0) is 11.0 Å². The molecule has 1 amide bonds. The predicted molar refractivity (Wildman–Crippen MR) is 94.5 cm³/mol. The van der Waals surface area contributed by atoms with Crippen molar-refractivity contribution in [3.8, 4) is 11.4 Å². The average Bonchev–Trinajstić information content (AvgIpc) is 3.18. The first-order chi connectivity index (χ1) is 13.1. The maximum Gasteiger partial charge on any atom is 0.416 e. The Kier molecular flexibility index (Phi) is 4.80. The summed E-state index contributed by atoms with van der Waals surface area (Å²) in [6.45, 7) is 4.84. The number of amides is 1. The third-order valence-electron chi connectivity index (χ3n) is 4.00. The molecule has 0 bridgehead atoms. The van der Waals surface area contributed by atoms with E-state index < -0.39 is 17.6 Å². The van der Waals surface area contributed by atoms with E-state index in [-0.39, 0.29) is 17.0 Å². The summed E-state index contributed by atoms with van der Waals surface area (Å²) in [6, 6.07) is 3.56. The minimum Gasteiger partial charge on any atom is -0.366 e. The quantitative estimate of drug-likeness (QED) is 0.688. The number of hydrogen-bond acceptors (Lipinski definition) is 5. The van der Waals surface area contributed by atoms with Crippen LogP contribution in [0.4, 0.5) is 13.2 Å². The van der Waals surface area contributed by atoms with Gasteiger partial charge >= 0.3 is 6.18 Å². The second kappa shape index (κ2) is 6.95. The minimum absolute atomic E-state index is 0.0769. The van der Waals surface area contributed by atoms with Gasteiger partial charge < -0.3 is 10.3 Å². The van der Waals surface area contributed by atoms with E-state index in [2.05, 4.69) is 15.2 Å². The fourth-order valence-electron chi connectivity index (χ4n) is 2.80. The van der Waals surface area contributed by atoms with Crippen LogP contribution in [0.3, 0.4) is 0 Å².